The van der Waals surface area contributed by atoms with Gasteiger partial charge in [0.05, 0.1) is 12.4 Å². The van der Waals surface area contributed by atoms with E-state index in [1.165, 1.54) is 23.1 Å². The van der Waals surface area contributed by atoms with E-state index in [-0.39, 0.29) is 11.4 Å². The summed E-state index contributed by atoms with van der Waals surface area (Å²) < 4.78 is 20.1. The third kappa shape index (κ3) is 2.90. The highest BCUT2D eigenvalue weighted by atomic mass is 19.1. The van der Waals surface area contributed by atoms with Gasteiger partial charge in [-0.15, -0.1) is 0 Å². The normalized spacial score (nSPS) is 12.1. The topological polar surface area (TPSA) is 64.4 Å². The van der Waals surface area contributed by atoms with E-state index in [2.05, 4.69) is 5.10 Å². The molecule has 0 aliphatic carbocycles. The lowest BCUT2D eigenvalue weighted by molar-refractivity contribution is -0.145. The molecule has 1 atom stereocenters. The molecule has 1 unspecified atom stereocenters. The highest BCUT2D eigenvalue weighted by Crippen LogP contribution is 2.17. The van der Waals surface area contributed by atoms with Crippen LogP contribution in [0.25, 0.3) is 5.69 Å². The fourth-order valence-corrected chi connectivity index (χ4v) is 1.61. The first-order valence-electron chi connectivity index (χ1n) is 5.81. The molecule has 100 valence electrons. The van der Waals surface area contributed by atoms with Gasteiger partial charge in [-0.3, -0.25) is 0 Å². The molecule has 2 rings (SSSR count). The largest absolute Gasteiger partial charge is 0.479 e. The summed E-state index contributed by atoms with van der Waals surface area (Å²) in [6.45, 7) is 1.71. The molecule has 6 heteroatoms. The first-order chi connectivity index (χ1) is 9.11. The number of ether oxygens (including phenoxy) is 1. The Hall–Kier alpha value is -2.37. The van der Waals surface area contributed by atoms with Crippen LogP contribution in [0.5, 0.6) is 5.75 Å². The van der Waals surface area contributed by atoms with Gasteiger partial charge in [0.15, 0.2) is 11.9 Å². The predicted octanol–water partition coefficient (Wildman–Crippen LogP) is 2.25. The van der Waals surface area contributed by atoms with Gasteiger partial charge in [-0.25, -0.2) is 13.9 Å². The van der Waals surface area contributed by atoms with E-state index in [9.17, 15) is 9.18 Å². The number of aromatic nitrogens is 2. The Morgan fingerprint density at radius 1 is 1.53 bits per heavy atom. The average Bonchev–Trinajstić information content (AvgIpc) is 2.84. The number of hydrogen-bond acceptors (Lipinski definition) is 3. The smallest absolute Gasteiger partial charge is 0.344 e. The summed E-state index contributed by atoms with van der Waals surface area (Å²) in [6, 6.07) is 6.16. The van der Waals surface area contributed by atoms with E-state index < -0.39 is 17.9 Å². The molecule has 0 saturated heterocycles. The second-order valence-corrected chi connectivity index (χ2v) is 3.92. The quantitative estimate of drug-likeness (QED) is 0.899. The van der Waals surface area contributed by atoms with Crippen molar-refractivity contribution in [3.05, 3.63) is 42.5 Å². The lowest BCUT2D eigenvalue weighted by Gasteiger charge is -2.10. The van der Waals surface area contributed by atoms with Crippen molar-refractivity contribution in [2.24, 2.45) is 0 Å². The number of rotatable bonds is 5. The van der Waals surface area contributed by atoms with Crippen LogP contribution in [-0.2, 0) is 4.79 Å². The van der Waals surface area contributed by atoms with E-state index in [1.54, 1.807) is 25.1 Å². The van der Waals surface area contributed by atoms with Gasteiger partial charge in [0.25, 0.3) is 0 Å². The van der Waals surface area contributed by atoms with E-state index >= 15 is 0 Å². The van der Waals surface area contributed by atoms with Crippen molar-refractivity contribution in [1.29, 1.82) is 0 Å². The van der Waals surface area contributed by atoms with Gasteiger partial charge in [0.1, 0.15) is 11.5 Å². The molecule has 5 nitrogen and oxygen atoms in total. The van der Waals surface area contributed by atoms with Gasteiger partial charge >= 0.3 is 5.97 Å². The Balaban J connectivity index is 2.20. The summed E-state index contributed by atoms with van der Waals surface area (Å²) in [5, 5.41) is 12.8. The van der Waals surface area contributed by atoms with Crippen LogP contribution in [0.15, 0.2) is 36.7 Å². The highest BCUT2D eigenvalue weighted by Gasteiger charge is 2.17. The third-order valence-corrected chi connectivity index (χ3v) is 2.58. The van der Waals surface area contributed by atoms with Crippen LogP contribution in [0.1, 0.15) is 13.3 Å². The zero-order valence-electron chi connectivity index (χ0n) is 10.3. The molecule has 0 radical (unpaired) electrons. The van der Waals surface area contributed by atoms with Crippen LogP contribution < -0.4 is 4.74 Å². The Labute approximate surface area is 109 Å². The SMILES string of the molecule is CCC(Oc1cnn(-c2ccccc2F)c1)C(=O)O. The molecule has 1 N–H and O–H groups in total. The standard InChI is InChI=1S/C13H13FN2O3/c1-2-12(13(17)18)19-9-7-15-16(8-9)11-6-4-3-5-10(11)14/h3-8,12H,2H2,1H3,(H,17,18). The number of benzene rings is 1. The number of carboxylic acid groups (broad SMARTS) is 1. The second kappa shape index (κ2) is 5.51. The zero-order chi connectivity index (χ0) is 13.8. The summed E-state index contributed by atoms with van der Waals surface area (Å²) in [5.74, 6) is -1.17. The van der Waals surface area contributed by atoms with Gasteiger partial charge < -0.3 is 9.84 Å². The van der Waals surface area contributed by atoms with E-state index in [0.717, 1.165) is 0 Å². The number of carboxylic acids is 1. The van der Waals surface area contributed by atoms with Crippen LogP contribution in [0.2, 0.25) is 0 Å². The molecule has 0 saturated carbocycles. The van der Waals surface area contributed by atoms with E-state index in [0.29, 0.717) is 6.42 Å². The van der Waals surface area contributed by atoms with Crippen LogP contribution >= 0.6 is 0 Å². The number of halogens is 1. The number of hydrogen-bond donors (Lipinski definition) is 1. The molecular formula is C13H13FN2O3. The minimum absolute atomic E-state index is 0.278. The summed E-state index contributed by atoms with van der Waals surface area (Å²) in [6.07, 6.45) is 2.21. The first kappa shape index (κ1) is 13.1. The molecule has 1 aromatic heterocycles. The lowest BCUT2D eigenvalue weighted by Crippen LogP contribution is -2.25. The molecule has 0 aliphatic heterocycles. The Morgan fingerprint density at radius 2 is 2.26 bits per heavy atom. The molecule has 0 aliphatic rings. The summed E-state index contributed by atoms with van der Waals surface area (Å²) >= 11 is 0. The van der Waals surface area contributed by atoms with Crippen LogP contribution in [0.3, 0.4) is 0 Å². The molecule has 19 heavy (non-hydrogen) atoms. The fourth-order valence-electron chi connectivity index (χ4n) is 1.61. The molecule has 0 bridgehead atoms. The molecule has 0 fully saturated rings. The lowest BCUT2D eigenvalue weighted by atomic mass is 10.3. The maximum Gasteiger partial charge on any atom is 0.344 e. The predicted molar refractivity (Wildman–Crippen MR) is 65.9 cm³/mol. The zero-order valence-corrected chi connectivity index (χ0v) is 10.3. The fraction of sp³-hybridized carbons (Fsp3) is 0.231. The van der Waals surface area contributed by atoms with Gasteiger partial charge in [-0.1, -0.05) is 19.1 Å². The molecule has 2 aromatic rings. The molecule has 0 amide bonds. The number of aliphatic carboxylic acids is 1. The second-order valence-electron chi connectivity index (χ2n) is 3.92. The van der Waals surface area contributed by atoms with Crippen LogP contribution in [0, 0.1) is 5.82 Å². The van der Waals surface area contributed by atoms with Crippen molar-refractivity contribution in [3.8, 4) is 11.4 Å². The number of carbonyl (C=O) groups is 1. The minimum atomic E-state index is -1.04. The number of nitrogens with zero attached hydrogens (tertiary/aromatic N) is 2. The van der Waals surface area contributed by atoms with Crippen molar-refractivity contribution in [1.82, 2.24) is 9.78 Å². The van der Waals surface area contributed by atoms with E-state index in [4.69, 9.17) is 9.84 Å². The molecule has 1 aromatic carbocycles. The Bertz CT molecular complexity index is 583. The highest BCUT2D eigenvalue weighted by molar-refractivity contribution is 5.72. The summed E-state index contributed by atoms with van der Waals surface area (Å²) in [7, 11) is 0. The third-order valence-electron chi connectivity index (χ3n) is 2.58. The van der Waals surface area contributed by atoms with Crippen molar-refractivity contribution in [3.63, 3.8) is 0 Å². The van der Waals surface area contributed by atoms with Gasteiger partial charge in [0.2, 0.25) is 0 Å². The van der Waals surface area contributed by atoms with Gasteiger partial charge in [-0.05, 0) is 18.6 Å². The summed E-state index contributed by atoms with van der Waals surface area (Å²) in [5.41, 5.74) is 0.278. The van der Waals surface area contributed by atoms with Crippen molar-refractivity contribution < 1.29 is 19.0 Å². The van der Waals surface area contributed by atoms with E-state index in [1.807, 2.05) is 0 Å². The van der Waals surface area contributed by atoms with Gasteiger partial charge in [-0.2, -0.15) is 5.10 Å². The maximum atomic E-state index is 13.5. The molecular weight excluding hydrogens is 251 g/mol. The Kier molecular flexibility index (Phi) is 3.79. The summed E-state index contributed by atoms with van der Waals surface area (Å²) in [4.78, 5) is 10.9. The van der Waals surface area contributed by atoms with Crippen molar-refractivity contribution in [2.45, 2.75) is 19.4 Å². The first-order valence-corrected chi connectivity index (χ1v) is 5.81. The Morgan fingerprint density at radius 3 is 2.89 bits per heavy atom. The molecule has 1 heterocycles. The van der Waals surface area contributed by atoms with Gasteiger partial charge in [0, 0.05) is 0 Å². The average molecular weight is 264 g/mol. The maximum absolute atomic E-state index is 13.5. The van der Waals surface area contributed by atoms with Crippen LogP contribution in [0.4, 0.5) is 4.39 Å². The molecule has 0 spiro atoms. The van der Waals surface area contributed by atoms with Crippen molar-refractivity contribution in [2.75, 3.05) is 0 Å². The van der Waals surface area contributed by atoms with Crippen molar-refractivity contribution >= 4 is 5.97 Å². The van der Waals surface area contributed by atoms with Crippen LogP contribution in [-0.4, -0.2) is 27.0 Å². The monoisotopic (exact) mass is 264 g/mol. The number of para-hydroxylation sites is 1. The minimum Gasteiger partial charge on any atom is -0.479 e.